The van der Waals surface area contributed by atoms with Crippen molar-refractivity contribution in [2.45, 2.75) is 45.4 Å². The quantitative estimate of drug-likeness (QED) is 0.198. The number of hydrazine groups is 2. The van der Waals surface area contributed by atoms with Gasteiger partial charge in [0.2, 0.25) is 0 Å². The molecule has 3 aromatic carbocycles. The topological polar surface area (TPSA) is 135 Å². The number of amidine groups is 1. The Morgan fingerprint density at radius 3 is 2.41 bits per heavy atom. The van der Waals surface area contributed by atoms with E-state index in [1.807, 2.05) is 78.9 Å². The second kappa shape index (κ2) is 13.1. The molecule has 0 aliphatic carbocycles. The second-order valence-corrected chi connectivity index (χ2v) is 9.74. The highest BCUT2D eigenvalue weighted by molar-refractivity contribution is 6.04. The Kier molecular flexibility index (Phi) is 8.87. The van der Waals surface area contributed by atoms with E-state index in [4.69, 9.17) is 4.74 Å². The number of aromatic nitrogens is 3. The smallest absolute Gasteiger partial charge is 0.346 e. The zero-order chi connectivity index (χ0) is 28.6. The fourth-order valence-electron chi connectivity index (χ4n) is 4.77. The molecule has 1 aliphatic rings. The molecule has 0 saturated heterocycles. The average Bonchev–Trinajstić information content (AvgIpc) is 3.64. The van der Waals surface area contributed by atoms with Gasteiger partial charge in [-0.15, -0.1) is 10.6 Å². The number of rotatable bonds is 13. The van der Waals surface area contributed by atoms with E-state index in [2.05, 4.69) is 33.6 Å². The largest absolute Gasteiger partial charge is 0.480 e. The highest BCUT2D eigenvalue weighted by Crippen LogP contribution is 2.25. The number of unbranched alkanes of at least 4 members (excludes halogenated alkanes) is 1. The normalized spacial score (nSPS) is 13.3. The van der Waals surface area contributed by atoms with Crippen LogP contribution in [0.3, 0.4) is 0 Å². The summed E-state index contributed by atoms with van der Waals surface area (Å²) in [4.78, 5) is 24.8. The number of carboxylic acids is 1. The maximum atomic E-state index is 13.6. The van der Waals surface area contributed by atoms with Gasteiger partial charge in [0.1, 0.15) is 18.5 Å². The summed E-state index contributed by atoms with van der Waals surface area (Å²) in [5.74, 6) is 0.325. The number of aryl methyl sites for hydroxylation is 1. The summed E-state index contributed by atoms with van der Waals surface area (Å²) in [7, 11) is 0. The van der Waals surface area contributed by atoms with Crippen LogP contribution in [0.2, 0.25) is 0 Å². The first-order valence-electron chi connectivity index (χ1n) is 13.6. The third-order valence-electron chi connectivity index (χ3n) is 6.86. The van der Waals surface area contributed by atoms with Gasteiger partial charge in [-0.25, -0.2) is 19.8 Å². The minimum absolute atomic E-state index is 0.111. The Morgan fingerprint density at radius 2 is 1.73 bits per heavy atom. The third kappa shape index (κ3) is 6.71. The molecule has 11 heteroatoms. The van der Waals surface area contributed by atoms with Crippen molar-refractivity contribution < 1.29 is 14.6 Å². The van der Waals surface area contributed by atoms with E-state index in [1.54, 1.807) is 4.57 Å². The van der Waals surface area contributed by atoms with Crippen LogP contribution in [-0.2, 0) is 29.0 Å². The molecule has 0 saturated carbocycles. The van der Waals surface area contributed by atoms with Crippen LogP contribution in [0, 0.1) is 0 Å². The first-order chi connectivity index (χ1) is 20.0. The zero-order valence-electron chi connectivity index (χ0n) is 22.8. The van der Waals surface area contributed by atoms with Crippen LogP contribution in [0.5, 0.6) is 0 Å². The number of carbonyl (C=O) groups is 1. The molecule has 11 nitrogen and oxygen atoms in total. The predicted molar refractivity (Wildman–Crippen MR) is 155 cm³/mol. The number of benzene rings is 3. The number of ether oxygens (including phenoxy) is 1. The van der Waals surface area contributed by atoms with Crippen LogP contribution in [-0.4, -0.2) is 37.9 Å². The molecule has 1 aromatic heterocycles. The molecule has 0 radical (unpaired) electrons. The maximum absolute atomic E-state index is 13.6. The molecule has 0 bridgehead atoms. The predicted octanol–water partition coefficient (Wildman–Crippen LogP) is 3.22. The molecule has 4 aromatic rings. The molecule has 1 unspecified atom stereocenters. The van der Waals surface area contributed by atoms with Crippen molar-refractivity contribution >= 4 is 11.8 Å². The van der Waals surface area contributed by atoms with Gasteiger partial charge >= 0.3 is 11.7 Å². The van der Waals surface area contributed by atoms with Gasteiger partial charge in [-0.2, -0.15) is 5.10 Å². The summed E-state index contributed by atoms with van der Waals surface area (Å²) >= 11 is 0. The molecule has 0 amide bonds. The SMILES string of the molecule is CCCCc1nn(CC(OCC(=O)O)c2ccccc2)c(=O)n1Cc1ccc(-c2ccccc2C2=NNNN2)cc1. The lowest BCUT2D eigenvalue weighted by atomic mass is 9.98. The second-order valence-electron chi connectivity index (χ2n) is 9.74. The van der Waals surface area contributed by atoms with Gasteiger partial charge < -0.3 is 9.84 Å². The first kappa shape index (κ1) is 27.8. The van der Waals surface area contributed by atoms with E-state index in [-0.39, 0.29) is 12.2 Å². The summed E-state index contributed by atoms with van der Waals surface area (Å²) in [6.45, 7) is 2.11. The Balaban J connectivity index is 1.40. The van der Waals surface area contributed by atoms with Crippen molar-refractivity contribution in [2.24, 2.45) is 5.10 Å². The number of hydrogen-bond donors (Lipinski definition) is 4. The fraction of sp³-hybridized carbons (Fsp3) is 0.267. The monoisotopic (exact) mass is 555 g/mol. The van der Waals surface area contributed by atoms with Crippen LogP contribution < -0.4 is 22.2 Å². The molecule has 0 spiro atoms. The number of nitrogens with one attached hydrogen (secondary N) is 3. The molecule has 1 aliphatic heterocycles. The van der Waals surface area contributed by atoms with Gasteiger partial charge in [0.25, 0.3) is 0 Å². The van der Waals surface area contributed by atoms with Crippen molar-refractivity contribution in [1.29, 1.82) is 0 Å². The summed E-state index contributed by atoms with van der Waals surface area (Å²) < 4.78 is 8.77. The molecule has 0 fully saturated rings. The summed E-state index contributed by atoms with van der Waals surface area (Å²) in [5.41, 5.74) is 13.0. The first-order valence-corrected chi connectivity index (χ1v) is 13.6. The Bertz CT molecular complexity index is 1560. The lowest BCUT2D eigenvalue weighted by Gasteiger charge is -2.16. The van der Waals surface area contributed by atoms with Crippen LogP contribution in [0.15, 0.2) is 88.8 Å². The fourth-order valence-corrected chi connectivity index (χ4v) is 4.77. The third-order valence-corrected chi connectivity index (χ3v) is 6.86. The standard InChI is InChI=1S/C30H33N7O4/c1-2-3-13-27-33-37(19-26(41-20-28(38)39)23-9-5-4-6-10-23)30(40)36(27)18-21-14-16-22(17-15-21)24-11-7-8-12-25(24)29-31-34-35-32-29/h4-12,14-17,26,34-35H,2-3,13,18-20H2,1H3,(H,31,32)(H,38,39). The lowest BCUT2D eigenvalue weighted by Crippen LogP contribution is -2.35. The van der Waals surface area contributed by atoms with Crippen molar-refractivity contribution in [1.82, 2.24) is 30.8 Å². The highest BCUT2D eigenvalue weighted by atomic mass is 16.5. The number of nitrogens with zero attached hydrogens (tertiary/aromatic N) is 4. The minimum atomic E-state index is -1.07. The van der Waals surface area contributed by atoms with E-state index in [0.29, 0.717) is 24.6 Å². The van der Waals surface area contributed by atoms with E-state index < -0.39 is 18.7 Å². The molecule has 1 atom stereocenters. The lowest BCUT2D eigenvalue weighted by molar-refractivity contribution is -0.144. The van der Waals surface area contributed by atoms with E-state index in [0.717, 1.165) is 40.7 Å². The van der Waals surface area contributed by atoms with Gasteiger partial charge in [-0.3, -0.25) is 9.99 Å². The van der Waals surface area contributed by atoms with Crippen LogP contribution >= 0.6 is 0 Å². The van der Waals surface area contributed by atoms with Crippen molar-refractivity contribution in [3.8, 4) is 11.1 Å². The average molecular weight is 556 g/mol. The van der Waals surface area contributed by atoms with Crippen molar-refractivity contribution in [3.63, 3.8) is 0 Å². The van der Waals surface area contributed by atoms with E-state index in [1.165, 1.54) is 4.68 Å². The number of aliphatic carboxylic acids is 1. The molecule has 4 N–H and O–H groups in total. The molecular formula is C30H33N7O4. The van der Waals surface area contributed by atoms with Gasteiger partial charge in [0.05, 0.1) is 13.1 Å². The molecule has 41 heavy (non-hydrogen) atoms. The van der Waals surface area contributed by atoms with Crippen molar-refractivity contribution in [3.05, 3.63) is 112 Å². The van der Waals surface area contributed by atoms with Crippen LogP contribution in [0.1, 0.15) is 48.4 Å². The van der Waals surface area contributed by atoms with Crippen LogP contribution in [0.25, 0.3) is 11.1 Å². The molecule has 212 valence electrons. The number of hydrogen-bond acceptors (Lipinski definition) is 8. The Morgan fingerprint density at radius 1 is 1.00 bits per heavy atom. The minimum Gasteiger partial charge on any atom is -0.480 e. The van der Waals surface area contributed by atoms with Gasteiger partial charge in [-0.1, -0.05) is 92.2 Å². The van der Waals surface area contributed by atoms with Gasteiger partial charge in [-0.05, 0) is 28.7 Å². The van der Waals surface area contributed by atoms with E-state index in [9.17, 15) is 14.7 Å². The molecule has 2 heterocycles. The highest BCUT2D eigenvalue weighted by Gasteiger charge is 2.20. The Hall–Kier alpha value is -4.74. The van der Waals surface area contributed by atoms with Crippen LogP contribution in [0.4, 0.5) is 0 Å². The molecule has 5 rings (SSSR count). The summed E-state index contributed by atoms with van der Waals surface area (Å²) in [6.07, 6.45) is 1.89. The van der Waals surface area contributed by atoms with Crippen molar-refractivity contribution in [2.75, 3.05) is 6.61 Å². The summed E-state index contributed by atoms with van der Waals surface area (Å²) in [5, 5.41) is 18.1. The zero-order valence-corrected chi connectivity index (χ0v) is 22.8. The van der Waals surface area contributed by atoms with E-state index >= 15 is 0 Å². The Labute approximate surface area is 237 Å². The van der Waals surface area contributed by atoms with Gasteiger partial charge in [0, 0.05) is 12.0 Å². The molecular weight excluding hydrogens is 522 g/mol. The number of carboxylic acid groups (broad SMARTS) is 1. The number of hydrazone groups is 1. The summed E-state index contributed by atoms with van der Waals surface area (Å²) in [6, 6.07) is 25.4. The van der Waals surface area contributed by atoms with Gasteiger partial charge in [0.15, 0.2) is 5.84 Å². The maximum Gasteiger partial charge on any atom is 0.346 e.